The first kappa shape index (κ1) is 24.2. The van der Waals surface area contributed by atoms with Gasteiger partial charge >= 0.3 is 0 Å². The number of aryl methyl sites for hydroxylation is 1. The fourth-order valence-electron chi connectivity index (χ4n) is 4.35. The molecular formula is C27H28FN3O4. The molecule has 3 aromatic rings. The quantitative estimate of drug-likeness (QED) is 0.543. The molecule has 1 fully saturated rings. The number of hydrogen-bond acceptors (Lipinski definition) is 4. The van der Waals surface area contributed by atoms with E-state index < -0.39 is 11.9 Å². The molecule has 2 N–H and O–H groups in total. The Morgan fingerprint density at radius 3 is 2.46 bits per heavy atom. The molecule has 8 heteroatoms. The molecule has 2 heterocycles. The predicted molar refractivity (Wildman–Crippen MR) is 128 cm³/mol. The van der Waals surface area contributed by atoms with Gasteiger partial charge in [0.1, 0.15) is 17.6 Å². The maximum Gasteiger partial charge on any atom is 0.253 e. The molecule has 4 rings (SSSR count). The Kier molecular flexibility index (Phi) is 7.60. The zero-order chi connectivity index (χ0) is 24.8. The van der Waals surface area contributed by atoms with Gasteiger partial charge in [0.2, 0.25) is 5.91 Å². The lowest BCUT2D eigenvalue weighted by atomic mass is 9.88. The maximum atomic E-state index is 13.6. The van der Waals surface area contributed by atoms with Gasteiger partial charge < -0.3 is 20.0 Å². The average molecular weight is 478 g/mol. The smallest absolute Gasteiger partial charge is 0.253 e. The van der Waals surface area contributed by atoms with Crippen LogP contribution in [0.15, 0.2) is 71.3 Å². The molecular weight excluding hydrogens is 449 g/mol. The summed E-state index contributed by atoms with van der Waals surface area (Å²) in [5, 5.41) is 5.76. The molecule has 1 unspecified atom stereocenters. The van der Waals surface area contributed by atoms with E-state index in [1.165, 1.54) is 24.5 Å². The molecule has 0 radical (unpaired) electrons. The number of furan rings is 1. The van der Waals surface area contributed by atoms with Crippen molar-refractivity contribution in [2.75, 3.05) is 13.1 Å². The van der Waals surface area contributed by atoms with Gasteiger partial charge in [-0.1, -0.05) is 23.8 Å². The lowest BCUT2D eigenvalue weighted by molar-refractivity contribution is -0.124. The molecule has 7 nitrogen and oxygen atoms in total. The summed E-state index contributed by atoms with van der Waals surface area (Å²) in [6.07, 6.45) is 2.58. The summed E-state index contributed by atoms with van der Waals surface area (Å²) in [6.45, 7) is 2.92. The van der Waals surface area contributed by atoms with Crippen LogP contribution >= 0.6 is 0 Å². The number of amides is 3. The topological polar surface area (TPSA) is 91.7 Å². The SMILES string of the molecule is Cc1cccc(C(=O)NC(C(=O)NCc2ccco2)C2CCN(C(=O)c3cccc(F)c3)CC2)c1. The van der Waals surface area contributed by atoms with Crippen LogP contribution in [-0.2, 0) is 11.3 Å². The van der Waals surface area contributed by atoms with Crippen molar-refractivity contribution in [1.82, 2.24) is 15.5 Å². The summed E-state index contributed by atoms with van der Waals surface area (Å²) >= 11 is 0. The third-order valence-corrected chi connectivity index (χ3v) is 6.24. The van der Waals surface area contributed by atoms with Crippen molar-refractivity contribution < 1.29 is 23.2 Å². The van der Waals surface area contributed by atoms with Gasteiger partial charge in [0, 0.05) is 24.2 Å². The normalized spacial score (nSPS) is 14.9. The van der Waals surface area contributed by atoms with Crippen LogP contribution in [0.5, 0.6) is 0 Å². The molecule has 1 aliphatic rings. The van der Waals surface area contributed by atoms with E-state index in [2.05, 4.69) is 10.6 Å². The van der Waals surface area contributed by atoms with Crippen LogP contribution in [-0.4, -0.2) is 41.8 Å². The molecule has 0 aliphatic carbocycles. The molecule has 1 saturated heterocycles. The number of nitrogens with one attached hydrogen (secondary N) is 2. The zero-order valence-corrected chi connectivity index (χ0v) is 19.5. The Morgan fingerprint density at radius 1 is 1.03 bits per heavy atom. The van der Waals surface area contributed by atoms with Crippen molar-refractivity contribution in [1.29, 1.82) is 0 Å². The Bertz CT molecular complexity index is 1190. The van der Waals surface area contributed by atoms with Crippen LogP contribution in [0.3, 0.4) is 0 Å². The fourth-order valence-corrected chi connectivity index (χ4v) is 4.35. The predicted octanol–water partition coefficient (Wildman–Crippen LogP) is 3.69. The van der Waals surface area contributed by atoms with Gasteiger partial charge in [0.05, 0.1) is 12.8 Å². The average Bonchev–Trinajstić information content (AvgIpc) is 3.39. The number of nitrogens with zero attached hydrogens (tertiary/aromatic N) is 1. The Morgan fingerprint density at radius 2 is 1.77 bits per heavy atom. The van der Waals surface area contributed by atoms with E-state index in [0.29, 0.717) is 42.8 Å². The first-order valence-corrected chi connectivity index (χ1v) is 11.6. The summed E-state index contributed by atoms with van der Waals surface area (Å²) in [6, 6.07) is 15.5. The summed E-state index contributed by atoms with van der Waals surface area (Å²) < 4.78 is 18.8. The molecule has 0 spiro atoms. The Labute approximate surface area is 203 Å². The third-order valence-electron chi connectivity index (χ3n) is 6.24. The number of rotatable bonds is 7. The Hall–Kier alpha value is -3.94. The van der Waals surface area contributed by atoms with Crippen LogP contribution in [0.4, 0.5) is 4.39 Å². The second kappa shape index (κ2) is 11.0. The highest BCUT2D eigenvalue weighted by atomic mass is 19.1. The summed E-state index contributed by atoms with van der Waals surface area (Å²) in [5.74, 6) is -0.902. The van der Waals surface area contributed by atoms with Crippen molar-refractivity contribution in [2.45, 2.75) is 32.4 Å². The van der Waals surface area contributed by atoms with Crippen molar-refractivity contribution in [3.8, 4) is 0 Å². The van der Waals surface area contributed by atoms with Crippen molar-refractivity contribution in [3.63, 3.8) is 0 Å². The number of hydrogen-bond donors (Lipinski definition) is 2. The minimum absolute atomic E-state index is 0.170. The minimum Gasteiger partial charge on any atom is -0.467 e. The lowest BCUT2D eigenvalue weighted by Gasteiger charge is -2.36. The monoisotopic (exact) mass is 477 g/mol. The van der Waals surface area contributed by atoms with Crippen LogP contribution in [0.1, 0.15) is 44.9 Å². The second-order valence-corrected chi connectivity index (χ2v) is 8.76. The molecule has 3 amide bonds. The summed E-state index contributed by atoms with van der Waals surface area (Å²) in [5.41, 5.74) is 1.72. The van der Waals surface area contributed by atoms with E-state index in [1.807, 2.05) is 13.0 Å². The second-order valence-electron chi connectivity index (χ2n) is 8.76. The van der Waals surface area contributed by atoms with Gasteiger partial charge in [-0.25, -0.2) is 4.39 Å². The zero-order valence-electron chi connectivity index (χ0n) is 19.5. The van der Waals surface area contributed by atoms with Gasteiger partial charge in [-0.2, -0.15) is 0 Å². The maximum absolute atomic E-state index is 13.6. The standard InChI is InChI=1S/C27H28FN3O4/c1-18-5-2-6-20(15-18)25(32)30-24(26(33)29-17-23-9-4-14-35-23)19-10-12-31(13-11-19)27(34)21-7-3-8-22(28)16-21/h2-9,14-16,19,24H,10-13,17H2,1H3,(H,29,33)(H,30,32). The van der Waals surface area contributed by atoms with Gasteiger partial charge in [0.25, 0.3) is 11.8 Å². The summed E-state index contributed by atoms with van der Waals surface area (Å²) in [7, 11) is 0. The number of benzene rings is 2. The number of carbonyl (C=O) groups is 3. The molecule has 1 aliphatic heterocycles. The minimum atomic E-state index is -0.774. The highest BCUT2D eigenvalue weighted by molar-refractivity contribution is 5.98. The number of likely N-dealkylation sites (tertiary alicyclic amines) is 1. The van der Waals surface area contributed by atoms with E-state index in [0.717, 1.165) is 5.56 Å². The molecule has 0 saturated carbocycles. The van der Waals surface area contributed by atoms with Gasteiger partial charge in [-0.15, -0.1) is 0 Å². The number of carbonyl (C=O) groups excluding carboxylic acids is 3. The van der Waals surface area contributed by atoms with Gasteiger partial charge in [-0.3, -0.25) is 14.4 Å². The number of piperidine rings is 1. The van der Waals surface area contributed by atoms with E-state index >= 15 is 0 Å². The van der Waals surface area contributed by atoms with Crippen LogP contribution in [0.2, 0.25) is 0 Å². The van der Waals surface area contributed by atoms with Crippen LogP contribution in [0.25, 0.3) is 0 Å². The molecule has 182 valence electrons. The summed E-state index contributed by atoms with van der Waals surface area (Å²) in [4.78, 5) is 40.6. The largest absolute Gasteiger partial charge is 0.467 e. The van der Waals surface area contributed by atoms with Gasteiger partial charge in [0.15, 0.2) is 0 Å². The van der Waals surface area contributed by atoms with Crippen molar-refractivity contribution in [2.24, 2.45) is 5.92 Å². The van der Waals surface area contributed by atoms with Crippen LogP contribution < -0.4 is 10.6 Å². The van der Waals surface area contributed by atoms with Crippen molar-refractivity contribution >= 4 is 17.7 Å². The van der Waals surface area contributed by atoms with E-state index in [4.69, 9.17) is 4.42 Å². The highest BCUT2D eigenvalue weighted by Gasteiger charge is 2.34. The lowest BCUT2D eigenvalue weighted by Crippen LogP contribution is -2.53. The third kappa shape index (κ3) is 6.15. The first-order valence-electron chi connectivity index (χ1n) is 11.6. The van der Waals surface area contributed by atoms with Gasteiger partial charge in [-0.05, 0) is 68.1 Å². The Balaban J connectivity index is 1.44. The fraction of sp³-hybridized carbons (Fsp3) is 0.296. The van der Waals surface area contributed by atoms with Crippen molar-refractivity contribution in [3.05, 3.63) is 95.2 Å². The molecule has 0 bridgehead atoms. The van der Waals surface area contributed by atoms with E-state index in [1.54, 1.807) is 41.3 Å². The molecule has 2 aromatic carbocycles. The molecule has 35 heavy (non-hydrogen) atoms. The molecule has 1 atom stereocenters. The first-order chi connectivity index (χ1) is 16.9. The van der Waals surface area contributed by atoms with E-state index in [9.17, 15) is 18.8 Å². The number of halogens is 1. The van der Waals surface area contributed by atoms with Crippen LogP contribution in [0, 0.1) is 18.7 Å². The molecule has 1 aromatic heterocycles. The highest BCUT2D eigenvalue weighted by Crippen LogP contribution is 2.23. The van der Waals surface area contributed by atoms with E-state index in [-0.39, 0.29) is 30.2 Å².